The lowest BCUT2D eigenvalue weighted by atomic mass is 10.2. The Morgan fingerprint density at radius 1 is 1.47 bits per heavy atom. The van der Waals surface area contributed by atoms with Crippen LogP contribution in [0.25, 0.3) is 0 Å². The van der Waals surface area contributed by atoms with Crippen molar-refractivity contribution in [2.75, 3.05) is 12.4 Å². The lowest BCUT2D eigenvalue weighted by Crippen LogP contribution is -2.35. The van der Waals surface area contributed by atoms with E-state index in [1.54, 1.807) is 33.0 Å². The van der Waals surface area contributed by atoms with E-state index in [9.17, 15) is 9.18 Å². The summed E-state index contributed by atoms with van der Waals surface area (Å²) >= 11 is 0. The molecule has 0 spiro atoms. The van der Waals surface area contributed by atoms with Crippen LogP contribution in [0.2, 0.25) is 0 Å². The molecular formula is C11H15FN2O. The first-order valence-electron chi connectivity index (χ1n) is 4.79. The fraction of sp³-hybridized carbons (Fsp3) is 0.364. The molecule has 0 aliphatic heterocycles. The summed E-state index contributed by atoms with van der Waals surface area (Å²) in [6.07, 6.45) is 0. The minimum atomic E-state index is -0.378. The highest BCUT2D eigenvalue weighted by molar-refractivity contribution is 5.83. The zero-order chi connectivity index (χ0) is 11.4. The Morgan fingerprint density at radius 3 is 2.67 bits per heavy atom. The van der Waals surface area contributed by atoms with Crippen LogP contribution in [-0.2, 0) is 4.79 Å². The van der Waals surface area contributed by atoms with Crippen molar-refractivity contribution >= 4 is 11.6 Å². The summed E-state index contributed by atoms with van der Waals surface area (Å²) in [4.78, 5) is 11.2. The van der Waals surface area contributed by atoms with Crippen LogP contribution in [0.3, 0.4) is 0 Å². The molecule has 15 heavy (non-hydrogen) atoms. The van der Waals surface area contributed by atoms with Gasteiger partial charge in [-0.1, -0.05) is 6.07 Å². The number of rotatable bonds is 3. The maximum Gasteiger partial charge on any atom is 0.241 e. The summed E-state index contributed by atoms with van der Waals surface area (Å²) in [5.74, 6) is -0.403. The molecule has 0 saturated heterocycles. The molecule has 1 unspecified atom stereocenters. The van der Waals surface area contributed by atoms with Crippen LogP contribution < -0.4 is 10.6 Å². The number of hydrogen-bond acceptors (Lipinski definition) is 2. The zero-order valence-corrected chi connectivity index (χ0v) is 9.10. The number of anilines is 1. The molecule has 3 nitrogen and oxygen atoms in total. The molecule has 0 bridgehead atoms. The Morgan fingerprint density at radius 2 is 2.13 bits per heavy atom. The monoisotopic (exact) mass is 210 g/mol. The van der Waals surface area contributed by atoms with E-state index in [0.717, 1.165) is 0 Å². The van der Waals surface area contributed by atoms with E-state index >= 15 is 0 Å². The molecule has 82 valence electrons. The van der Waals surface area contributed by atoms with Gasteiger partial charge in [0.15, 0.2) is 0 Å². The van der Waals surface area contributed by atoms with Gasteiger partial charge in [0.1, 0.15) is 11.9 Å². The Bertz CT molecular complexity index is 366. The standard InChI is InChI=1S/C11H15FN2O/c1-7-4-5-9(6-10(7)12)14-8(2)11(15)13-3/h4-6,8,14H,1-3H3,(H,13,15). The van der Waals surface area contributed by atoms with E-state index in [2.05, 4.69) is 10.6 Å². The predicted molar refractivity (Wildman–Crippen MR) is 58.3 cm³/mol. The van der Waals surface area contributed by atoms with E-state index in [1.807, 2.05) is 0 Å². The number of benzene rings is 1. The van der Waals surface area contributed by atoms with Crippen LogP contribution >= 0.6 is 0 Å². The number of halogens is 1. The van der Waals surface area contributed by atoms with Crippen molar-refractivity contribution < 1.29 is 9.18 Å². The number of hydrogen-bond donors (Lipinski definition) is 2. The van der Waals surface area contributed by atoms with Gasteiger partial charge in [-0.15, -0.1) is 0 Å². The lowest BCUT2D eigenvalue weighted by Gasteiger charge is -2.13. The highest BCUT2D eigenvalue weighted by atomic mass is 19.1. The van der Waals surface area contributed by atoms with Gasteiger partial charge in [-0.25, -0.2) is 4.39 Å². The summed E-state index contributed by atoms with van der Waals surface area (Å²) in [5.41, 5.74) is 1.20. The summed E-state index contributed by atoms with van der Waals surface area (Å²) < 4.78 is 13.2. The van der Waals surface area contributed by atoms with E-state index in [4.69, 9.17) is 0 Å². The molecule has 4 heteroatoms. The van der Waals surface area contributed by atoms with Gasteiger partial charge in [-0.3, -0.25) is 4.79 Å². The van der Waals surface area contributed by atoms with Crippen molar-refractivity contribution in [1.29, 1.82) is 0 Å². The number of carbonyl (C=O) groups is 1. The third-order valence-corrected chi connectivity index (χ3v) is 2.19. The van der Waals surface area contributed by atoms with Gasteiger partial charge in [0, 0.05) is 12.7 Å². The molecule has 0 aliphatic carbocycles. The highest BCUT2D eigenvalue weighted by Crippen LogP contribution is 2.14. The van der Waals surface area contributed by atoms with E-state index < -0.39 is 0 Å². The Balaban J connectivity index is 2.73. The quantitative estimate of drug-likeness (QED) is 0.797. The van der Waals surface area contributed by atoms with Gasteiger partial charge < -0.3 is 10.6 Å². The topological polar surface area (TPSA) is 41.1 Å². The number of amides is 1. The van der Waals surface area contributed by atoms with Gasteiger partial charge in [0.05, 0.1) is 0 Å². The molecule has 1 aromatic carbocycles. The molecular weight excluding hydrogens is 195 g/mol. The first-order valence-corrected chi connectivity index (χ1v) is 4.79. The first kappa shape index (κ1) is 11.5. The Kier molecular flexibility index (Phi) is 3.66. The predicted octanol–water partition coefficient (Wildman–Crippen LogP) is 1.68. The van der Waals surface area contributed by atoms with E-state index in [-0.39, 0.29) is 17.8 Å². The SMILES string of the molecule is CNC(=O)C(C)Nc1ccc(C)c(F)c1. The largest absolute Gasteiger partial charge is 0.374 e. The van der Waals surface area contributed by atoms with Gasteiger partial charge >= 0.3 is 0 Å². The normalized spacial score (nSPS) is 12.0. The molecule has 0 heterocycles. The van der Waals surface area contributed by atoms with Crippen molar-refractivity contribution in [2.45, 2.75) is 19.9 Å². The lowest BCUT2D eigenvalue weighted by molar-refractivity contribution is -0.121. The van der Waals surface area contributed by atoms with Crippen molar-refractivity contribution in [1.82, 2.24) is 5.32 Å². The number of likely N-dealkylation sites (N-methyl/N-ethyl adjacent to an activating group) is 1. The molecule has 1 rings (SSSR count). The minimum Gasteiger partial charge on any atom is -0.374 e. The summed E-state index contributed by atoms with van der Waals surface area (Å²) in [5, 5.41) is 5.42. The fourth-order valence-electron chi connectivity index (χ4n) is 1.21. The molecule has 1 atom stereocenters. The number of aryl methyl sites for hydroxylation is 1. The molecule has 2 N–H and O–H groups in total. The van der Waals surface area contributed by atoms with E-state index in [1.165, 1.54) is 6.07 Å². The molecule has 0 radical (unpaired) electrons. The third-order valence-electron chi connectivity index (χ3n) is 2.19. The average molecular weight is 210 g/mol. The molecule has 0 fully saturated rings. The van der Waals surface area contributed by atoms with Crippen LogP contribution in [0.4, 0.5) is 10.1 Å². The second-order valence-corrected chi connectivity index (χ2v) is 3.44. The van der Waals surface area contributed by atoms with E-state index in [0.29, 0.717) is 11.3 Å². The molecule has 1 aromatic rings. The summed E-state index contributed by atoms with van der Waals surface area (Å²) in [6, 6.07) is 4.43. The fourth-order valence-corrected chi connectivity index (χ4v) is 1.21. The van der Waals surface area contributed by atoms with Crippen LogP contribution in [-0.4, -0.2) is 19.0 Å². The molecule has 0 aliphatic rings. The van der Waals surface area contributed by atoms with Gasteiger partial charge in [-0.05, 0) is 31.5 Å². The second-order valence-electron chi connectivity index (χ2n) is 3.44. The second kappa shape index (κ2) is 4.77. The third kappa shape index (κ3) is 2.94. The summed E-state index contributed by atoms with van der Waals surface area (Å²) in [7, 11) is 1.57. The van der Waals surface area contributed by atoms with Crippen molar-refractivity contribution in [2.24, 2.45) is 0 Å². The van der Waals surface area contributed by atoms with Gasteiger partial charge in [0.25, 0.3) is 0 Å². The molecule has 1 amide bonds. The summed E-state index contributed by atoms with van der Waals surface area (Å²) in [6.45, 7) is 3.41. The number of carbonyl (C=O) groups excluding carboxylic acids is 1. The van der Waals surface area contributed by atoms with Crippen LogP contribution in [0.1, 0.15) is 12.5 Å². The van der Waals surface area contributed by atoms with Crippen molar-refractivity contribution in [3.05, 3.63) is 29.6 Å². The smallest absolute Gasteiger partial charge is 0.241 e. The molecule has 0 saturated carbocycles. The Labute approximate surface area is 88.7 Å². The highest BCUT2D eigenvalue weighted by Gasteiger charge is 2.10. The number of nitrogens with one attached hydrogen (secondary N) is 2. The van der Waals surface area contributed by atoms with Crippen LogP contribution in [0.15, 0.2) is 18.2 Å². The molecule has 0 aromatic heterocycles. The maximum absolute atomic E-state index is 13.2. The first-order chi connectivity index (χ1) is 7.04. The van der Waals surface area contributed by atoms with Gasteiger partial charge in [-0.2, -0.15) is 0 Å². The van der Waals surface area contributed by atoms with Crippen LogP contribution in [0, 0.1) is 12.7 Å². The van der Waals surface area contributed by atoms with Crippen molar-refractivity contribution in [3.8, 4) is 0 Å². The maximum atomic E-state index is 13.2. The minimum absolute atomic E-state index is 0.129. The Hall–Kier alpha value is -1.58. The van der Waals surface area contributed by atoms with Gasteiger partial charge in [0.2, 0.25) is 5.91 Å². The van der Waals surface area contributed by atoms with Crippen LogP contribution in [0.5, 0.6) is 0 Å². The average Bonchev–Trinajstić information content (AvgIpc) is 2.22. The zero-order valence-electron chi connectivity index (χ0n) is 9.10. The van der Waals surface area contributed by atoms with Crippen molar-refractivity contribution in [3.63, 3.8) is 0 Å².